The number of aliphatic hydroxyl groups is 1. The molecule has 0 bridgehead atoms. The van der Waals surface area contributed by atoms with E-state index in [0.717, 1.165) is 50.2 Å². The van der Waals surface area contributed by atoms with Gasteiger partial charge in [-0.1, -0.05) is 0 Å². The van der Waals surface area contributed by atoms with Gasteiger partial charge in [-0.2, -0.15) is 5.10 Å². The van der Waals surface area contributed by atoms with E-state index >= 15 is 0 Å². The standard InChI is InChI=1S/C13H19N7O/c1-18-12(15-10-16-18)11-2-3-14-13(17-11)20-6-4-19(5-7-20)8-9-21/h2-3,10,21H,4-9H2,1H3. The molecule has 1 N–H and O–H groups in total. The van der Waals surface area contributed by atoms with Crippen molar-refractivity contribution in [2.24, 2.45) is 7.05 Å². The van der Waals surface area contributed by atoms with Crippen LogP contribution >= 0.6 is 0 Å². The third-order valence-electron chi connectivity index (χ3n) is 3.65. The Morgan fingerprint density at radius 1 is 1.19 bits per heavy atom. The van der Waals surface area contributed by atoms with Crippen molar-refractivity contribution in [3.8, 4) is 11.5 Å². The minimum atomic E-state index is 0.206. The molecule has 1 saturated heterocycles. The van der Waals surface area contributed by atoms with Gasteiger partial charge in [-0.25, -0.2) is 19.6 Å². The van der Waals surface area contributed by atoms with Gasteiger partial charge in [0.05, 0.1) is 6.61 Å². The zero-order valence-corrected chi connectivity index (χ0v) is 12.1. The molecule has 8 nitrogen and oxygen atoms in total. The molecule has 0 radical (unpaired) electrons. The highest BCUT2D eigenvalue weighted by atomic mass is 16.3. The molecule has 0 aromatic carbocycles. The number of aliphatic hydroxyl groups excluding tert-OH is 1. The highest BCUT2D eigenvalue weighted by Crippen LogP contribution is 2.17. The number of rotatable bonds is 4. The molecule has 0 spiro atoms. The number of hydrogen-bond acceptors (Lipinski definition) is 7. The van der Waals surface area contributed by atoms with Crippen LogP contribution in [-0.4, -0.2) is 74.1 Å². The van der Waals surface area contributed by atoms with Crippen LogP contribution in [0.2, 0.25) is 0 Å². The van der Waals surface area contributed by atoms with Crippen molar-refractivity contribution in [2.75, 3.05) is 44.2 Å². The van der Waals surface area contributed by atoms with E-state index in [9.17, 15) is 0 Å². The molecule has 0 amide bonds. The van der Waals surface area contributed by atoms with Gasteiger partial charge in [0.1, 0.15) is 12.0 Å². The summed E-state index contributed by atoms with van der Waals surface area (Å²) in [5.74, 6) is 1.46. The highest BCUT2D eigenvalue weighted by molar-refractivity contribution is 5.51. The van der Waals surface area contributed by atoms with Crippen LogP contribution in [0.15, 0.2) is 18.6 Å². The second-order valence-corrected chi connectivity index (χ2v) is 5.00. The minimum Gasteiger partial charge on any atom is -0.395 e. The van der Waals surface area contributed by atoms with Gasteiger partial charge in [-0.3, -0.25) is 4.90 Å². The van der Waals surface area contributed by atoms with Crippen LogP contribution in [0.4, 0.5) is 5.95 Å². The van der Waals surface area contributed by atoms with Crippen LogP contribution in [-0.2, 0) is 7.05 Å². The summed E-state index contributed by atoms with van der Waals surface area (Å²) in [5.41, 5.74) is 0.776. The number of anilines is 1. The van der Waals surface area contributed by atoms with Crippen molar-refractivity contribution in [2.45, 2.75) is 0 Å². The molecule has 0 atom stereocenters. The van der Waals surface area contributed by atoms with E-state index in [1.54, 1.807) is 10.9 Å². The first-order valence-corrected chi connectivity index (χ1v) is 7.03. The second kappa shape index (κ2) is 6.15. The van der Waals surface area contributed by atoms with Gasteiger partial charge < -0.3 is 10.0 Å². The van der Waals surface area contributed by atoms with Gasteiger partial charge in [0.2, 0.25) is 5.95 Å². The van der Waals surface area contributed by atoms with E-state index in [-0.39, 0.29) is 6.61 Å². The van der Waals surface area contributed by atoms with Crippen LogP contribution in [0.25, 0.3) is 11.5 Å². The molecule has 1 aliphatic rings. The van der Waals surface area contributed by atoms with Gasteiger partial charge in [0, 0.05) is 46.0 Å². The molecular weight excluding hydrogens is 270 g/mol. The summed E-state index contributed by atoms with van der Waals surface area (Å²) in [7, 11) is 1.85. The monoisotopic (exact) mass is 289 g/mol. The van der Waals surface area contributed by atoms with Crippen LogP contribution in [0.5, 0.6) is 0 Å². The Morgan fingerprint density at radius 3 is 2.67 bits per heavy atom. The predicted octanol–water partition coefficient (Wildman–Crippen LogP) is -0.614. The first-order valence-electron chi connectivity index (χ1n) is 7.03. The summed E-state index contributed by atoms with van der Waals surface area (Å²) in [6, 6.07) is 1.84. The maximum Gasteiger partial charge on any atom is 0.226 e. The lowest BCUT2D eigenvalue weighted by Crippen LogP contribution is -2.47. The number of aromatic nitrogens is 5. The lowest BCUT2D eigenvalue weighted by Gasteiger charge is -2.34. The smallest absolute Gasteiger partial charge is 0.226 e. The Labute approximate surface area is 123 Å². The maximum absolute atomic E-state index is 8.97. The zero-order valence-electron chi connectivity index (χ0n) is 12.1. The topological polar surface area (TPSA) is 83.2 Å². The molecule has 1 fully saturated rings. The summed E-state index contributed by atoms with van der Waals surface area (Å²) < 4.78 is 1.70. The SMILES string of the molecule is Cn1ncnc1-c1ccnc(N2CCN(CCO)CC2)n1. The van der Waals surface area contributed by atoms with Crippen LogP contribution in [0.3, 0.4) is 0 Å². The summed E-state index contributed by atoms with van der Waals surface area (Å²) in [6.45, 7) is 4.49. The molecule has 21 heavy (non-hydrogen) atoms. The van der Waals surface area contributed by atoms with Crippen molar-refractivity contribution in [3.63, 3.8) is 0 Å². The van der Waals surface area contributed by atoms with Gasteiger partial charge in [0.15, 0.2) is 5.82 Å². The Balaban J connectivity index is 1.74. The molecule has 0 aliphatic carbocycles. The van der Waals surface area contributed by atoms with E-state index in [1.807, 2.05) is 13.1 Å². The Kier molecular flexibility index (Phi) is 4.07. The normalized spacial score (nSPS) is 16.4. The van der Waals surface area contributed by atoms with E-state index in [4.69, 9.17) is 5.11 Å². The van der Waals surface area contributed by atoms with E-state index in [1.165, 1.54) is 6.33 Å². The van der Waals surface area contributed by atoms with E-state index in [0.29, 0.717) is 0 Å². The van der Waals surface area contributed by atoms with Crippen molar-refractivity contribution < 1.29 is 5.11 Å². The maximum atomic E-state index is 8.97. The van der Waals surface area contributed by atoms with Crippen molar-refractivity contribution in [1.82, 2.24) is 29.6 Å². The third kappa shape index (κ3) is 3.01. The largest absolute Gasteiger partial charge is 0.395 e. The molecule has 2 aromatic heterocycles. The molecular formula is C13H19N7O. The fraction of sp³-hybridized carbons (Fsp3) is 0.538. The van der Waals surface area contributed by atoms with Gasteiger partial charge in [-0.05, 0) is 6.07 Å². The Hall–Kier alpha value is -2.06. The van der Waals surface area contributed by atoms with E-state index in [2.05, 4.69) is 29.9 Å². The molecule has 0 unspecified atom stereocenters. The summed E-state index contributed by atoms with van der Waals surface area (Å²) in [6.07, 6.45) is 3.28. The first kappa shape index (κ1) is 13.9. The Bertz CT molecular complexity index is 592. The van der Waals surface area contributed by atoms with Crippen LogP contribution in [0, 0.1) is 0 Å². The first-order chi connectivity index (χ1) is 10.3. The van der Waals surface area contributed by atoms with Crippen LogP contribution in [0.1, 0.15) is 0 Å². The summed E-state index contributed by atoms with van der Waals surface area (Å²) >= 11 is 0. The molecule has 8 heteroatoms. The Morgan fingerprint density at radius 2 is 2.00 bits per heavy atom. The molecule has 3 heterocycles. The fourth-order valence-electron chi connectivity index (χ4n) is 2.47. The number of aryl methyl sites for hydroxylation is 1. The van der Waals surface area contributed by atoms with Crippen molar-refractivity contribution in [3.05, 3.63) is 18.6 Å². The number of hydrogen-bond donors (Lipinski definition) is 1. The molecule has 1 aliphatic heterocycles. The van der Waals surface area contributed by atoms with Gasteiger partial charge in [0.25, 0.3) is 0 Å². The second-order valence-electron chi connectivity index (χ2n) is 5.00. The van der Waals surface area contributed by atoms with Gasteiger partial charge in [-0.15, -0.1) is 0 Å². The predicted molar refractivity (Wildman–Crippen MR) is 77.8 cm³/mol. The molecule has 2 aromatic rings. The van der Waals surface area contributed by atoms with Crippen molar-refractivity contribution >= 4 is 5.95 Å². The fourth-order valence-corrected chi connectivity index (χ4v) is 2.47. The summed E-state index contributed by atoms with van der Waals surface area (Å²) in [4.78, 5) is 17.6. The van der Waals surface area contributed by atoms with E-state index < -0.39 is 0 Å². The summed E-state index contributed by atoms with van der Waals surface area (Å²) in [5, 5.41) is 13.0. The average Bonchev–Trinajstić information content (AvgIpc) is 2.95. The molecule has 0 saturated carbocycles. The highest BCUT2D eigenvalue weighted by Gasteiger charge is 2.19. The van der Waals surface area contributed by atoms with Crippen LogP contribution < -0.4 is 4.90 Å². The quantitative estimate of drug-likeness (QED) is 0.803. The minimum absolute atomic E-state index is 0.206. The average molecular weight is 289 g/mol. The number of nitrogens with zero attached hydrogens (tertiary/aromatic N) is 7. The lowest BCUT2D eigenvalue weighted by molar-refractivity contribution is 0.188. The number of β-amino-alcohol motifs (C(OH)–C–C–N with tert-alkyl or cyclic N) is 1. The third-order valence-corrected chi connectivity index (χ3v) is 3.65. The lowest BCUT2D eigenvalue weighted by atomic mass is 10.3. The number of piperazine rings is 1. The zero-order chi connectivity index (χ0) is 14.7. The molecule has 112 valence electrons. The molecule has 3 rings (SSSR count). The van der Waals surface area contributed by atoms with Gasteiger partial charge >= 0.3 is 0 Å². The van der Waals surface area contributed by atoms with Crippen molar-refractivity contribution in [1.29, 1.82) is 0 Å².